The second-order valence-electron chi connectivity index (χ2n) is 6.62. The molecule has 0 saturated heterocycles. The average molecular weight is 433 g/mol. The van der Waals surface area contributed by atoms with E-state index in [9.17, 15) is 0 Å². The molecule has 0 N–H and O–H groups in total. The molecule has 0 fully saturated rings. The first-order valence-electron chi connectivity index (χ1n) is 8.27. The SMILES string of the molecule is C#C[Si](C)(C)[Sn]([c]1ccccc1)([c]1ccccc1)[c]1ccccc1. The maximum absolute atomic E-state index is 6.17. The molecule has 0 unspecified atom stereocenters. The molecule has 0 heterocycles. The third-order valence-corrected chi connectivity index (χ3v) is 40.9. The number of rotatable bonds is 4. The minimum absolute atomic E-state index is 1.49. The molecule has 3 aromatic rings. The molecule has 0 spiro atoms. The van der Waals surface area contributed by atoms with Gasteiger partial charge >= 0.3 is 150 Å². The predicted molar refractivity (Wildman–Crippen MR) is 110 cm³/mol. The summed E-state index contributed by atoms with van der Waals surface area (Å²) in [4.78, 5) is 0. The van der Waals surface area contributed by atoms with Gasteiger partial charge in [0.1, 0.15) is 0 Å². The molecule has 3 aromatic carbocycles. The van der Waals surface area contributed by atoms with Gasteiger partial charge in [-0.15, -0.1) is 0 Å². The summed E-state index contributed by atoms with van der Waals surface area (Å²) in [6.45, 7) is 4.77. The van der Waals surface area contributed by atoms with Crippen LogP contribution in [0.15, 0.2) is 91.0 Å². The Hall–Kier alpha value is -1.76. The topological polar surface area (TPSA) is 0 Å². The van der Waals surface area contributed by atoms with Crippen LogP contribution in [0.4, 0.5) is 0 Å². The molecule has 0 bridgehead atoms. The molecule has 0 atom stereocenters. The molecular formula is C22H22SiSn. The zero-order valence-corrected chi connectivity index (χ0v) is 18.1. The molecule has 118 valence electrons. The first kappa shape index (κ1) is 17.1. The third kappa shape index (κ3) is 2.74. The molecular weight excluding hydrogens is 411 g/mol. The number of benzene rings is 3. The summed E-state index contributed by atoms with van der Waals surface area (Å²) < 4.78 is 4.46. The van der Waals surface area contributed by atoms with Crippen molar-refractivity contribution in [3.8, 4) is 12.0 Å². The normalized spacial score (nSPS) is 11.7. The maximum atomic E-state index is 6.17. The first-order valence-corrected chi connectivity index (χ1v) is 19.8. The zero-order chi connectivity index (χ0) is 17.0. The van der Waals surface area contributed by atoms with E-state index in [4.69, 9.17) is 6.42 Å². The van der Waals surface area contributed by atoms with Crippen LogP contribution in [-0.4, -0.2) is 23.2 Å². The standard InChI is InChI=1S/3C6H5.C4H7Si.Sn/c3*1-2-4-6-5-3-1;1-4-5(2)3;/h3*1-5H;1H,2-3H3;. The summed E-state index contributed by atoms with van der Waals surface area (Å²) in [6, 6.07) is 33.1. The molecule has 0 aliphatic rings. The Morgan fingerprint density at radius 3 is 1.17 bits per heavy atom. The Bertz CT molecular complexity index is 737. The molecule has 3 rings (SSSR count). The van der Waals surface area contributed by atoms with Gasteiger partial charge in [0.05, 0.1) is 0 Å². The van der Waals surface area contributed by atoms with Crippen LogP contribution in [0, 0.1) is 12.0 Å². The Morgan fingerprint density at radius 2 is 0.917 bits per heavy atom. The molecule has 24 heavy (non-hydrogen) atoms. The van der Waals surface area contributed by atoms with Crippen molar-refractivity contribution in [3.63, 3.8) is 0 Å². The van der Waals surface area contributed by atoms with E-state index in [-0.39, 0.29) is 0 Å². The van der Waals surface area contributed by atoms with Crippen molar-refractivity contribution in [3.05, 3.63) is 91.0 Å². The van der Waals surface area contributed by atoms with Crippen molar-refractivity contribution in [2.45, 2.75) is 13.1 Å². The second-order valence-corrected chi connectivity index (χ2v) is 35.1. The van der Waals surface area contributed by atoms with E-state index >= 15 is 0 Å². The fraction of sp³-hybridized carbons (Fsp3) is 0.0909. The Kier molecular flexibility index (Phi) is 4.98. The summed E-state index contributed by atoms with van der Waals surface area (Å²) in [5, 5.41) is 0. The van der Waals surface area contributed by atoms with Crippen LogP contribution in [-0.2, 0) is 0 Å². The van der Waals surface area contributed by atoms with Gasteiger partial charge in [0.25, 0.3) is 0 Å². The van der Waals surface area contributed by atoms with Crippen LogP contribution < -0.4 is 10.7 Å². The van der Waals surface area contributed by atoms with Crippen LogP contribution in [0.1, 0.15) is 0 Å². The van der Waals surface area contributed by atoms with Gasteiger partial charge in [-0.05, 0) is 0 Å². The second kappa shape index (κ2) is 7.00. The zero-order valence-electron chi connectivity index (χ0n) is 14.2. The number of hydrogen-bond acceptors (Lipinski definition) is 0. The van der Waals surface area contributed by atoms with Gasteiger partial charge in [-0.1, -0.05) is 0 Å². The van der Waals surface area contributed by atoms with Gasteiger partial charge in [-0.3, -0.25) is 0 Å². The molecule has 0 radical (unpaired) electrons. The van der Waals surface area contributed by atoms with E-state index in [1.165, 1.54) is 10.7 Å². The Morgan fingerprint density at radius 1 is 0.625 bits per heavy atom. The van der Waals surface area contributed by atoms with Crippen molar-refractivity contribution in [2.75, 3.05) is 0 Å². The molecule has 2 heteroatoms. The van der Waals surface area contributed by atoms with E-state index in [0.29, 0.717) is 0 Å². The molecule has 0 aromatic heterocycles. The number of terminal acetylenes is 1. The Balaban J connectivity index is 2.45. The molecule has 0 saturated carbocycles. The van der Waals surface area contributed by atoms with Crippen molar-refractivity contribution >= 4 is 33.9 Å². The quantitative estimate of drug-likeness (QED) is 0.439. The van der Waals surface area contributed by atoms with Gasteiger partial charge in [-0.2, -0.15) is 0 Å². The first-order chi connectivity index (χ1) is 11.6. The van der Waals surface area contributed by atoms with E-state index < -0.39 is 23.2 Å². The monoisotopic (exact) mass is 434 g/mol. The third-order valence-electron chi connectivity index (χ3n) is 4.92. The van der Waals surface area contributed by atoms with Crippen LogP contribution in [0.5, 0.6) is 0 Å². The van der Waals surface area contributed by atoms with Crippen molar-refractivity contribution in [2.24, 2.45) is 0 Å². The van der Waals surface area contributed by atoms with E-state index in [2.05, 4.69) is 110 Å². The van der Waals surface area contributed by atoms with Gasteiger partial charge in [0.2, 0.25) is 0 Å². The average Bonchev–Trinajstić information content (AvgIpc) is 2.65. The van der Waals surface area contributed by atoms with Crippen molar-refractivity contribution < 1.29 is 0 Å². The summed E-state index contributed by atoms with van der Waals surface area (Å²) >= 11 is -3.26. The summed E-state index contributed by atoms with van der Waals surface area (Å²) in [5.41, 5.74) is 1.37. The summed E-state index contributed by atoms with van der Waals surface area (Å²) in [6.07, 6.45) is 6.17. The van der Waals surface area contributed by atoms with Crippen LogP contribution in [0.2, 0.25) is 13.1 Å². The number of hydrogen-bond donors (Lipinski definition) is 0. The predicted octanol–water partition coefficient (Wildman–Crippen LogP) is 3.12. The summed E-state index contributed by atoms with van der Waals surface area (Å²) in [7, 11) is 0. The Labute approximate surface area is 149 Å². The van der Waals surface area contributed by atoms with Gasteiger partial charge in [0.15, 0.2) is 0 Å². The van der Waals surface area contributed by atoms with Crippen molar-refractivity contribution in [1.29, 1.82) is 0 Å². The van der Waals surface area contributed by atoms with E-state index in [1.54, 1.807) is 0 Å². The molecule has 0 aliphatic heterocycles. The van der Waals surface area contributed by atoms with Crippen LogP contribution in [0.25, 0.3) is 0 Å². The minimum atomic E-state index is -3.26. The van der Waals surface area contributed by atoms with Crippen molar-refractivity contribution in [1.82, 2.24) is 0 Å². The molecule has 0 amide bonds. The summed E-state index contributed by atoms with van der Waals surface area (Å²) in [5.74, 6) is 0. The van der Waals surface area contributed by atoms with E-state index in [0.717, 1.165) is 0 Å². The van der Waals surface area contributed by atoms with Crippen LogP contribution in [0.3, 0.4) is 0 Å². The van der Waals surface area contributed by atoms with Gasteiger partial charge < -0.3 is 0 Å². The fourth-order valence-electron chi connectivity index (χ4n) is 3.76. The molecule has 0 aliphatic carbocycles. The van der Waals surface area contributed by atoms with Gasteiger partial charge in [-0.25, -0.2) is 0 Å². The molecule has 0 nitrogen and oxygen atoms in total. The van der Waals surface area contributed by atoms with Crippen LogP contribution >= 0.6 is 0 Å². The van der Waals surface area contributed by atoms with E-state index in [1.807, 2.05) is 0 Å². The fourth-order valence-corrected chi connectivity index (χ4v) is 38.7. The van der Waals surface area contributed by atoms with Gasteiger partial charge in [0, 0.05) is 0 Å².